The lowest BCUT2D eigenvalue weighted by Gasteiger charge is -2.32. The van der Waals surface area contributed by atoms with E-state index in [1.165, 1.54) is 6.42 Å². The number of fused-ring (bicyclic) bond motifs is 1. The molecule has 2 N–H and O–H groups in total. The van der Waals surface area contributed by atoms with Gasteiger partial charge in [-0.1, -0.05) is 18.2 Å². The third kappa shape index (κ3) is 1.73. The zero-order valence-electron chi connectivity index (χ0n) is 9.97. The van der Waals surface area contributed by atoms with E-state index in [9.17, 15) is 0 Å². The van der Waals surface area contributed by atoms with Crippen molar-refractivity contribution in [3.8, 4) is 5.75 Å². The normalized spacial score (nSPS) is 27.4. The van der Waals surface area contributed by atoms with Crippen molar-refractivity contribution in [3.63, 3.8) is 0 Å². The molecule has 2 atom stereocenters. The standard InChI is InChI=1S/C13H17N3O/c1-9-12(15-13(14)16-7-4-8-16)10-5-2-3-6-11(10)17-9/h2-3,5-6,9,12H,4,7-8H2,1H3,(H2,14,15). The summed E-state index contributed by atoms with van der Waals surface area (Å²) in [6.07, 6.45) is 1.27. The van der Waals surface area contributed by atoms with E-state index in [0.717, 1.165) is 24.4 Å². The van der Waals surface area contributed by atoms with Gasteiger partial charge < -0.3 is 15.4 Å². The van der Waals surface area contributed by atoms with Gasteiger partial charge in [0.25, 0.3) is 0 Å². The SMILES string of the molecule is CC1Oc2ccccc2C1N=C(N)N1CCC1. The van der Waals surface area contributed by atoms with Crippen molar-refractivity contribution < 1.29 is 4.74 Å². The minimum absolute atomic E-state index is 0.0341. The van der Waals surface area contributed by atoms with Crippen molar-refractivity contribution in [2.75, 3.05) is 13.1 Å². The van der Waals surface area contributed by atoms with Gasteiger partial charge in [-0.15, -0.1) is 0 Å². The van der Waals surface area contributed by atoms with Crippen LogP contribution in [-0.2, 0) is 0 Å². The van der Waals surface area contributed by atoms with E-state index in [4.69, 9.17) is 10.5 Å². The number of hydrogen-bond donors (Lipinski definition) is 1. The molecule has 0 radical (unpaired) electrons. The predicted molar refractivity (Wildman–Crippen MR) is 67.1 cm³/mol. The van der Waals surface area contributed by atoms with Crippen LogP contribution in [0.25, 0.3) is 0 Å². The smallest absolute Gasteiger partial charge is 0.192 e. The first-order valence-corrected chi connectivity index (χ1v) is 6.09. The zero-order valence-corrected chi connectivity index (χ0v) is 9.97. The quantitative estimate of drug-likeness (QED) is 0.589. The Hall–Kier alpha value is -1.71. The highest BCUT2D eigenvalue weighted by atomic mass is 16.5. The third-order valence-corrected chi connectivity index (χ3v) is 3.45. The summed E-state index contributed by atoms with van der Waals surface area (Å²) in [5.41, 5.74) is 7.14. The van der Waals surface area contributed by atoms with Gasteiger partial charge in [-0.3, -0.25) is 0 Å². The number of benzene rings is 1. The molecule has 2 heterocycles. The summed E-state index contributed by atoms with van der Waals surface area (Å²) >= 11 is 0. The van der Waals surface area contributed by atoms with Crippen LogP contribution in [0.4, 0.5) is 0 Å². The van der Waals surface area contributed by atoms with Crippen LogP contribution in [-0.4, -0.2) is 30.1 Å². The Morgan fingerprint density at radius 3 is 2.88 bits per heavy atom. The summed E-state index contributed by atoms with van der Waals surface area (Å²) in [6.45, 7) is 4.09. The molecule has 4 heteroatoms. The van der Waals surface area contributed by atoms with Gasteiger partial charge in [0.2, 0.25) is 0 Å². The van der Waals surface area contributed by atoms with Crippen LogP contribution in [0.1, 0.15) is 24.9 Å². The molecule has 1 aromatic rings. The number of ether oxygens (including phenoxy) is 1. The lowest BCUT2D eigenvalue weighted by Crippen LogP contribution is -2.46. The Balaban J connectivity index is 1.87. The number of guanidine groups is 1. The molecule has 2 unspecified atom stereocenters. The number of rotatable bonds is 1. The number of para-hydroxylation sites is 1. The van der Waals surface area contributed by atoms with Crippen LogP contribution in [0.15, 0.2) is 29.3 Å². The molecule has 0 aromatic heterocycles. The average Bonchev–Trinajstić information content (AvgIpc) is 2.53. The Labute approximate surface area is 101 Å². The van der Waals surface area contributed by atoms with Crippen molar-refractivity contribution in [2.45, 2.75) is 25.5 Å². The van der Waals surface area contributed by atoms with Crippen molar-refractivity contribution >= 4 is 5.96 Å². The maximum absolute atomic E-state index is 6.00. The van der Waals surface area contributed by atoms with Gasteiger partial charge in [0.15, 0.2) is 5.96 Å². The second-order valence-electron chi connectivity index (χ2n) is 4.63. The predicted octanol–water partition coefficient (Wildman–Crippen LogP) is 1.53. The molecule has 1 aromatic carbocycles. The molecule has 90 valence electrons. The third-order valence-electron chi connectivity index (χ3n) is 3.45. The molecule has 0 amide bonds. The molecule has 3 rings (SSSR count). The molecule has 0 spiro atoms. The zero-order chi connectivity index (χ0) is 11.8. The second kappa shape index (κ2) is 3.95. The Bertz CT molecular complexity index is 454. The number of likely N-dealkylation sites (tertiary alicyclic amines) is 1. The molecular weight excluding hydrogens is 214 g/mol. The van der Waals surface area contributed by atoms with Crippen LogP contribution in [0.3, 0.4) is 0 Å². The molecule has 4 nitrogen and oxygen atoms in total. The molecule has 0 aliphatic carbocycles. The van der Waals surface area contributed by atoms with E-state index < -0.39 is 0 Å². The fourth-order valence-electron chi connectivity index (χ4n) is 2.29. The van der Waals surface area contributed by atoms with Gasteiger partial charge in [-0.25, -0.2) is 4.99 Å². The largest absolute Gasteiger partial charge is 0.488 e. The van der Waals surface area contributed by atoms with Crippen LogP contribution >= 0.6 is 0 Å². The summed E-state index contributed by atoms with van der Waals surface area (Å²) < 4.78 is 5.77. The fourth-order valence-corrected chi connectivity index (χ4v) is 2.29. The van der Waals surface area contributed by atoms with E-state index in [2.05, 4.69) is 16.0 Å². The van der Waals surface area contributed by atoms with Gasteiger partial charge in [0, 0.05) is 18.7 Å². The van der Waals surface area contributed by atoms with Crippen LogP contribution in [0.5, 0.6) is 5.75 Å². The summed E-state index contributed by atoms with van der Waals surface area (Å²) in [7, 11) is 0. The summed E-state index contributed by atoms with van der Waals surface area (Å²) in [6, 6.07) is 8.09. The molecule has 1 saturated heterocycles. The van der Waals surface area contributed by atoms with Crippen molar-refractivity contribution in [1.29, 1.82) is 0 Å². The van der Waals surface area contributed by atoms with Gasteiger partial charge >= 0.3 is 0 Å². The van der Waals surface area contributed by atoms with Crippen molar-refractivity contribution in [1.82, 2.24) is 4.90 Å². The van der Waals surface area contributed by atoms with Gasteiger partial charge in [-0.05, 0) is 19.4 Å². The highest BCUT2D eigenvalue weighted by Crippen LogP contribution is 2.38. The van der Waals surface area contributed by atoms with Crippen molar-refractivity contribution in [2.24, 2.45) is 10.7 Å². The molecule has 0 saturated carbocycles. The van der Waals surface area contributed by atoms with Gasteiger partial charge in [0.1, 0.15) is 17.9 Å². The lowest BCUT2D eigenvalue weighted by molar-refractivity contribution is 0.226. The first-order chi connectivity index (χ1) is 8.25. The van der Waals surface area contributed by atoms with E-state index in [-0.39, 0.29) is 12.1 Å². The Morgan fingerprint density at radius 1 is 1.41 bits per heavy atom. The lowest BCUT2D eigenvalue weighted by atomic mass is 10.1. The van der Waals surface area contributed by atoms with Crippen LogP contribution in [0.2, 0.25) is 0 Å². The number of hydrogen-bond acceptors (Lipinski definition) is 2. The van der Waals surface area contributed by atoms with Crippen molar-refractivity contribution in [3.05, 3.63) is 29.8 Å². The maximum atomic E-state index is 6.00. The summed E-state index contributed by atoms with van der Waals surface area (Å²) in [5, 5.41) is 0. The average molecular weight is 231 g/mol. The molecule has 2 aliphatic rings. The fraction of sp³-hybridized carbons (Fsp3) is 0.462. The maximum Gasteiger partial charge on any atom is 0.192 e. The van der Waals surface area contributed by atoms with E-state index in [1.54, 1.807) is 0 Å². The number of aliphatic imine (C=N–C) groups is 1. The second-order valence-corrected chi connectivity index (χ2v) is 4.63. The highest BCUT2D eigenvalue weighted by molar-refractivity contribution is 5.79. The van der Waals surface area contributed by atoms with E-state index >= 15 is 0 Å². The number of nitrogens with zero attached hydrogens (tertiary/aromatic N) is 2. The summed E-state index contributed by atoms with van der Waals surface area (Å²) in [4.78, 5) is 6.72. The topological polar surface area (TPSA) is 50.9 Å². The molecule has 17 heavy (non-hydrogen) atoms. The van der Waals surface area contributed by atoms with Crippen LogP contribution in [0, 0.1) is 0 Å². The monoisotopic (exact) mass is 231 g/mol. The van der Waals surface area contributed by atoms with Crippen LogP contribution < -0.4 is 10.5 Å². The van der Waals surface area contributed by atoms with Gasteiger partial charge in [-0.2, -0.15) is 0 Å². The Morgan fingerprint density at radius 2 is 2.18 bits per heavy atom. The first kappa shape index (κ1) is 10.4. The first-order valence-electron chi connectivity index (χ1n) is 6.09. The highest BCUT2D eigenvalue weighted by Gasteiger charge is 2.31. The minimum atomic E-state index is 0.0341. The Kier molecular flexibility index (Phi) is 2.42. The summed E-state index contributed by atoms with van der Waals surface area (Å²) in [5.74, 6) is 1.58. The van der Waals surface area contributed by atoms with Gasteiger partial charge in [0.05, 0.1) is 0 Å². The minimum Gasteiger partial charge on any atom is -0.488 e. The molecular formula is C13H17N3O. The molecule has 2 aliphatic heterocycles. The van der Waals surface area contributed by atoms with E-state index in [0.29, 0.717) is 5.96 Å². The number of nitrogens with two attached hydrogens (primary N) is 1. The molecule has 1 fully saturated rings. The molecule has 0 bridgehead atoms. The van der Waals surface area contributed by atoms with E-state index in [1.807, 2.05) is 25.1 Å².